The number of rotatable bonds is 6. The zero-order chi connectivity index (χ0) is 18.1. The summed E-state index contributed by atoms with van der Waals surface area (Å²) in [5, 5.41) is 6.46. The van der Waals surface area contributed by atoms with E-state index in [4.69, 9.17) is 4.74 Å². The van der Waals surface area contributed by atoms with E-state index in [2.05, 4.69) is 15.8 Å². The molecule has 0 spiro atoms. The highest BCUT2D eigenvalue weighted by molar-refractivity contribution is 6.39. The number of hydrogen-bond acceptors (Lipinski definition) is 4. The number of hydrogen-bond donors (Lipinski definition) is 2. The van der Waals surface area contributed by atoms with Crippen LogP contribution >= 0.6 is 0 Å². The lowest BCUT2D eigenvalue weighted by Crippen LogP contribution is -2.32. The molecule has 2 aromatic rings. The van der Waals surface area contributed by atoms with E-state index in [0.717, 1.165) is 12.1 Å². The van der Waals surface area contributed by atoms with Crippen LogP contribution in [0.4, 0.5) is 5.69 Å². The predicted molar refractivity (Wildman–Crippen MR) is 97.6 cm³/mol. The summed E-state index contributed by atoms with van der Waals surface area (Å²) in [5.74, 6) is -0.916. The summed E-state index contributed by atoms with van der Waals surface area (Å²) in [6.07, 6.45) is 1.52. The molecule has 2 amide bonds. The standard InChI is InChI=1S/C19H21N3O3/c1-14(8-9-15-6-4-3-5-7-15)21-22-19(24)18(23)20-16-10-12-17(25-2)13-11-16/h3-7,10-13H,8-9H2,1-2H3,(H,20,23)(H,22,24)/b21-14-. The maximum atomic E-state index is 11.8. The maximum Gasteiger partial charge on any atom is 0.329 e. The summed E-state index contributed by atoms with van der Waals surface area (Å²) in [6.45, 7) is 1.81. The van der Waals surface area contributed by atoms with Gasteiger partial charge in [-0.15, -0.1) is 0 Å². The van der Waals surface area contributed by atoms with Gasteiger partial charge in [-0.3, -0.25) is 9.59 Å². The van der Waals surface area contributed by atoms with Crippen LogP contribution in [0.2, 0.25) is 0 Å². The molecule has 0 atom stereocenters. The second-order valence-corrected chi connectivity index (χ2v) is 5.46. The Kier molecular flexibility index (Phi) is 6.71. The summed E-state index contributed by atoms with van der Waals surface area (Å²) in [6, 6.07) is 16.7. The van der Waals surface area contributed by atoms with Crippen molar-refractivity contribution in [2.45, 2.75) is 19.8 Å². The predicted octanol–water partition coefficient (Wildman–Crippen LogP) is 2.76. The molecule has 0 saturated carbocycles. The van der Waals surface area contributed by atoms with Crippen LogP contribution in [-0.2, 0) is 16.0 Å². The van der Waals surface area contributed by atoms with Crippen molar-refractivity contribution in [1.82, 2.24) is 5.43 Å². The number of aryl methyl sites for hydroxylation is 1. The molecule has 0 saturated heterocycles. The third-order valence-electron chi connectivity index (χ3n) is 3.52. The zero-order valence-corrected chi connectivity index (χ0v) is 14.3. The van der Waals surface area contributed by atoms with E-state index in [-0.39, 0.29) is 0 Å². The minimum Gasteiger partial charge on any atom is -0.497 e. The lowest BCUT2D eigenvalue weighted by molar-refractivity contribution is -0.136. The quantitative estimate of drug-likeness (QED) is 0.482. The fourth-order valence-electron chi connectivity index (χ4n) is 2.09. The van der Waals surface area contributed by atoms with Crippen LogP contribution in [0.5, 0.6) is 5.75 Å². The van der Waals surface area contributed by atoms with Gasteiger partial charge in [-0.25, -0.2) is 5.43 Å². The molecule has 0 aliphatic rings. The summed E-state index contributed by atoms with van der Waals surface area (Å²) in [5.41, 5.74) is 4.72. The number of amides is 2. The van der Waals surface area contributed by atoms with Crippen molar-refractivity contribution in [3.8, 4) is 5.75 Å². The van der Waals surface area contributed by atoms with Crippen molar-refractivity contribution in [3.63, 3.8) is 0 Å². The first-order valence-corrected chi connectivity index (χ1v) is 7.91. The van der Waals surface area contributed by atoms with E-state index in [9.17, 15) is 9.59 Å². The van der Waals surface area contributed by atoms with Crippen LogP contribution in [0, 0.1) is 0 Å². The monoisotopic (exact) mass is 339 g/mol. The van der Waals surface area contributed by atoms with Crippen molar-refractivity contribution >= 4 is 23.2 Å². The van der Waals surface area contributed by atoms with Gasteiger partial charge < -0.3 is 10.1 Å². The van der Waals surface area contributed by atoms with Crippen molar-refractivity contribution < 1.29 is 14.3 Å². The van der Waals surface area contributed by atoms with Gasteiger partial charge in [0.25, 0.3) is 0 Å². The minimum absolute atomic E-state index is 0.505. The first kappa shape index (κ1) is 18.2. The molecular formula is C19H21N3O3. The van der Waals surface area contributed by atoms with E-state index in [1.54, 1.807) is 31.4 Å². The van der Waals surface area contributed by atoms with Crippen LogP contribution < -0.4 is 15.5 Å². The van der Waals surface area contributed by atoms with E-state index in [1.165, 1.54) is 5.56 Å². The molecule has 2 aromatic carbocycles. The van der Waals surface area contributed by atoms with Gasteiger partial charge in [-0.2, -0.15) is 5.10 Å². The Balaban J connectivity index is 1.80. The highest BCUT2D eigenvalue weighted by Gasteiger charge is 2.13. The van der Waals surface area contributed by atoms with Crippen molar-refractivity contribution in [2.75, 3.05) is 12.4 Å². The molecule has 2 rings (SSSR count). The number of nitrogens with zero attached hydrogens (tertiary/aromatic N) is 1. The van der Waals surface area contributed by atoms with Gasteiger partial charge in [0.1, 0.15) is 5.75 Å². The van der Waals surface area contributed by atoms with Gasteiger partial charge in [0, 0.05) is 11.4 Å². The van der Waals surface area contributed by atoms with Crippen molar-refractivity contribution in [2.24, 2.45) is 5.10 Å². The lowest BCUT2D eigenvalue weighted by atomic mass is 10.1. The number of anilines is 1. The highest BCUT2D eigenvalue weighted by atomic mass is 16.5. The number of hydrazone groups is 1. The third kappa shape index (κ3) is 6.10. The molecule has 0 heterocycles. The molecule has 2 N–H and O–H groups in total. The SMILES string of the molecule is COc1ccc(NC(=O)C(=O)N/N=C(/C)CCc2ccccc2)cc1. The molecule has 0 aliphatic carbocycles. The number of ether oxygens (including phenoxy) is 1. The smallest absolute Gasteiger partial charge is 0.329 e. The van der Waals surface area contributed by atoms with Gasteiger partial charge in [0.15, 0.2) is 0 Å². The Hall–Kier alpha value is -3.15. The fourth-order valence-corrected chi connectivity index (χ4v) is 2.09. The fraction of sp³-hybridized carbons (Fsp3) is 0.211. The summed E-state index contributed by atoms with van der Waals surface area (Å²) < 4.78 is 5.03. The van der Waals surface area contributed by atoms with Crippen LogP contribution in [0.3, 0.4) is 0 Å². The molecule has 25 heavy (non-hydrogen) atoms. The second-order valence-electron chi connectivity index (χ2n) is 5.46. The molecule has 0 radical (unpaired) electrons. The zero-order valence-electron chi connectivity index (χ0n) is 14.3. The molecule has 0 unspecified atom stereocenters. The largest absolute Gasteiger partial charge is 0.497 e. The third-order valence-corrected chi connectivity index (χ3v) is 3.52. The number of carbonyl (C=O) groups excluding carboxylic acids is 2. The van der Waals surface area contributed by atoms with E-state index >= 15 is 0 Å². The van der Waals surface area contributed by atoms with Crippen LogP contribution in [0.25, 0.3) is 0 Å². The molecule has 0 bridgehead atoms. The first-order chi connectivity index (χ1) is 12.1. The highest BCUT2D eigenvalue weighted by Crippen LogP contribution is 2.14. The van der Waals surface area contributed by atoms with Gasteiger partial charge in [0.05, 0.1) is 7.11 Å². The lowest BCUT2D eigenvalue weighted by Gasteiger charge is -2.06. The number of methoxy groups -OCH3 is 1. The van der Waals surface area contributed by atoms with Crippen molar-refractivity contribution in [3.05, 3.63) is 60.2 Å². The number of carbonyl (C=O) groups is 2. The van der Waals surface area contributed by atoms with Gasteiger partial charge in [-0.1, -0.05) is 30.3 Å². The Morgan fingerprint density at radius 1 is 1.00 bits per heavy atom. The Morgan fingerprint density at radius 2 is 1.68 bits per heavy atom. The molecule has 6 heteroatoms. The van der Waals surface area contributed by atoms with E-state index < -0.39 is 11.8 Å². The Morgan fingerprint density at radius 3 is 2.32 bits per heavy atom. The summed E-state index contributed by atoms with van der Waals surface area (Å²) in [7, 11) is 1.55. The van der Waals surface area contributed by atoms with Gasteiger partial charge in [-0.05, 0) is 49.6 Å². The minimum atomic E-state index is -0.810. The van der Waals surface area contributed by atoms with Crippen molar-refractivity contribution in [1.29, 1.82) is 0 Å². The topological polar surface area (TPSA) is 79.8 Å². The van der Waals surface area contributed by atoms with Crippen LogP contribution in [0.1, 0.15) is 18.9 Å². The molecule has 6 nitrogen and oxygen atoms in total. The first-order valence-electron chi connectivity index (χ1n) is 7.91. The number of benzene rings is 2. The molecule has 130 valence electrons. The molecular weight excluding hydrogens is 318 g/mol. The molecule has 0 aromatic heterocycles. The van der Waals surface area contributed by atoms with Gasteiger partial charge >= 0.3 is 11.8 Å². The average molecular weight is 339 g/mol. The average Bonchev–Trinajstić information content (AvgIpc) is 2.65. The normalized spacial score (nSPS) is 10.9. The molecule has 0 aliphatic heterocycles. The Bertz CT molecular complexity index is 740. The number of nitrogens with one attached hydrogen (secondary N) is 2. The van der Waals surface area contributed by atoms with Crippen LogP contribution in [-0.4, -0.2) is 24.6 Å². The van der Waals surface area contributed by atoms with Crippen LogP contribution in [0.15, 0.2) is 59.7 Å². The van der Waals surface area contributed by atoms with Gasteiger partial charge in [0.2, 0.25) is 0 Å². The second kappa shape index (κ2) is 9.22. The summed E-state index contributed by atoms with van der Waals surface area (Å²) in [4.78, 5) is 23.6. The maximum absolute atomic E-state index is 11.8. The van der Waals surface area contributed by atoms with E-state index in [0.29, 0.717) is 17.9 Å². The Labute approximate surface area is 146 Å². The van der Waals surface area contributed by atoms with E-state index in [1.807, 2.05) is 37.3 Å². The summed E-state index contributed by atoms with van der Waals surface area (Å²) >= 11 is 0. The molecule has 0 fully saturated rings.